The number of hydrogen-bond donors (Lipinski definition) is 4. The minimum absolute atomic E-state index is 0.211. The lowest BCUT2D eigenvalue weighted by Gasteiger charge is -2.19. The van der Waals surface area contributed by atoms with Crippen molar-refractivity contribution >= 4 is 45.0 Å². The second kappa shape index (κ2) is 45.4. The molecule has 0 aliphatic rings. The Kier molecular flexibility index (Phi) is 36.3. The van der Waals surface area contributed by atoms with E-state index in [2.05, 4.69) is 90.3 Å². The van der Waals surface area contributed by atoms with Crippen LogP contribution >= 0.6 is 0 Å². The van der Waals surface area contributed by atoms with Gasteiger partial charge in [0.25, 0.3) is 0 Å². The summed E-state index contributed by atoms with van der Waals surface area (Å²) >= 11 is 0. The number of urea groups is 2. The van der Waals surface area contributed by atoms with Gasteiger partial charge in [-0.3, -0.25) is 0 Å². The van der Waals surface area contributed by atoms with E-state index >= 15 is 0 Å². The molecule has 0 saturated carbocycles. The molecular weight excluding hydrogens is 1100 g/mol. The molecule has 4 amide bonds. The summed E-state index contributed by atoms with van der Waals surface area (Å²) in [7, 11) is 0. The highest BCUT2D eigenvalue weighted by atomic mass is 16.5. The van der Waals surface area contributed by atoms with Crippen LogP contribution in [0, 0.1) is 11.8 Å². The van der Waals surface area contributed by atoms with E-state index in [9.17, 15) is 9.59 Å². The van der Waals surface area contributed by atoms with Crippen LogP contribution in [0.4, 0.5) is 21.0 Å². The normalized spacial score (nSPS) is 11.1. The maximum Gasteiger partial charge on any atom is 0.319 e. The summed E-state index contributed by atoms with van der Waals surface area (Å²) in [6, 6.07) is 37.8. The standard InChI is InChI=1S/C79H112N4O6/c1-4-7-10-13-16-19-22-25-30-37-56-86-75-59-67(60-76(87-57-38-31-26-23-20-17-14-11-8-5-2)77(75)88-58-39-32-27-24-21-18-15-12-9-6-3)64-89-74-52-46-66(47-53-74)43-42-65-44-49-72(50-45-65)82-78(84)80-54-35-28-29-36-55-81-79(85)83-73-51-48-70-61-68-40-33-34-41-69(68)62-71(70)63-73/h33-34,40-41,44-53,59-63H,4-32,35-39,54-58,64H2,1-3H3,(H2,80,82,84)(H2,81,83,85). The number of carbonyl (C=O) groups excluding carboxylic acids is 2. The van der Waals surface area contributed by atoms with Crippen LogP contribution in [-0.2, 0) is 6.61 Å². The smallest absolute Gasteiger partial charge is 0.319 e. The van der Waals surface area contributed by atoms with E-state index in [0.29, 0.717) is 45.2 Å². The van der Waals surface area contributed by atoms with Gasteiger partial charge in [0.05, 0.1) is 19.8 Å². The van der Waals surface area contributed by atoms with E-state index in [1.807, 2.05) is 78.9 Å². The van der Waals surface area contributed by atoms with E-state index in [1.165, 1.54) is 184 Å². The van der Waals surface area contributed by atoms with Gasteiger partial charge in [0.1, 0.15) is 12.4 Å². The molecule has 6 aromatic carbocycles. The molecule has 89 heavy (non-hydrogen) atoms. The molecule has 6 rings (SSSR count). The molecule has 0 saturated heterocycles. The molecule has 0 aliphatic carbocycles. The first-order valence-electron chi connectivity index (χ1n) is 35.3. The number of fused-ring (bicyclic) bond motifs is 2. The predicted octanol–water partition coefficient (Wildman–Crippen LogP) is 22.4. The number of unbranched alkanes of at least 4 members (excludes halogenated alkanes) is 30. The maximum absolute atomic E-state index is 12.7. The number of amides is 4. The minimum atomic E-state index is -0.242. The Morgan fingerprint density at radius 2 is 0.719 bits per heavy atom. The van der Waals surface area contributed by atoms with Crippen LogP contribution in [0.2, 0.25) is 0 Å². The van der Waals surface area contributed by atoms with Crippen LogP contribution in [0.1, 0.15) is 256 Å². The number of nitrogens with one attached hydrogen (secondary N) is 4. The minimum Gasteiger partial charge on any atom is -0.490 e. The van der Waals surface area contributed by atoms with Crippen molar-refractivity contribution in [3.8, 4) is 34.8 Å². The van der Waals surface area contributed by atoms with Crippen molar-refractivity contribution in [2.75, 3.05) is 43.5 Å². The molecule has 10 heteroatoms. The van der Waals surface area contributed by atoms with Gasteiger partial charge in [-0.25, -0.2) is 9.59 Å². The Bertz CT molecular complexity index is 2880. The number of benzene rings is 6. The van der Waals surface area contributed by atoms with Crippen molar-refractivity contribution < 1.29 is 28.5 Å². The second-order valence-electron chi connectivity index (χ2n) is 24.6. The fraction of sp³-hybridized carbons (Fsp3) is 0.544. The van der Waals surface area contributed by atoms with Crippen LogP contribution in [0.15, 0.2) is 115 Å². The molecule has 0 aromatic heterocycles. The molecule has 0 spiro atoms. The number of rotatable bonds is 48. The van der Waals surface area contributed by atoms with Gasteiger partial charge in [-0.2, -0.15) is 0 Å². The number of carbonyl (C=O) groups is 2. The van der Waals surface area contributed by atoms with Gasteiger partial charge in [-0.15, -0.1) is 0 Å². The first kappa shape index (κ1) is 71.2. The van der Waals surface area contributed by atoms with E-state index in [1.54, 1.807) is 0 Å². The number of anilines is 2. The van der Waals surface area contributed by atoms with Gasteiger partial charge in [0.2, 0.25) is 5.75 Å². The van der Waals surface area contributed by atoms with Crippen molar-refractivity contribution in [1.29, 1.82) is 0 Å². The van der Waals surface area contributed by atoms with Crippen molar-refractivity contribution in [2.24, 2.45) is 0 Å². The van der Waals surface area contributed by atoms with Crippen LogP contribution in [0.5, 0.6) is 23.0 Å². The van der Waals surface area contributed by atoms with Gasteiger partial charge in [-0.1, -0.05) is 249 Å². The molecular formula is C79H112N4O6. The highest BCUT2D eigenvalue weighted by molar-refractivity contribution is 6.00. The maximum atomic E-state index is 12.7. The SMILES string of the molecule is CCCCCCCCCCCCOc1cc(COc2ccc(C#Cc3ccc(NC(=O)NCCCCCCNC(=O)Nc4ccc5cc6ccccc6cc5c4)cc3)cc2)cc(OCCCCCCCCCCCC)c1OCCCCCCCCCCCC. The summed E-state index contributed by atoms with van der Waals surface area (Å²) in [5, 5.41) is 16.4. The van der Waals surface area contributed by atoms with Gasteiger partial charge >= 0.3 is 12.1 Å². The van der Waals surface area contributed by atoms with E-state index in [0.717, 1.165) is 101 Å². The van der Waals surface area contributed by atoms with E-state index in [4.69, 9.17) is 18.9 Å². The third-order valence-electron chi connectivity index (χ3n) is 16.7. The lowest BCUT2D eigenvalue weighted by molar-refractivity contribution is 0.232. The highest BCUT2D eigenvalue weighted by Crippen LogP contribution is 2.40. The van der Waals surface area contributed by atoms with Gasteiger partial charge < -0.3 is 40.2 Å². The molecule has 0 unspecified atom stereocenters. The monoisotopic (exact) mass is 1210 g/mol. The van der Waals surface area contributed by atoms with Gasteiger partial charge in [-0.05, 0) is 144 Å². The fourth-order valence-electron chi connectivity index (χ4n) is 11.3. The van der Waals surface area contributed by atoms with Gasteiger partial charge in [0, 0.05) is 35.6 Å². The average Bonchev–Trinajstić information content (AvgIpc) is 1.79. The summed E-state index contributed by atoms with van der Waals surface area (Å²) in [5.41, 5.74) is 4.17. The number of ether oxygens (including phenoxy) is 4. The summed E-state index contributed by atoms with van der Waals surface area (Å²) in [5.74, 6) is 9.54. The lowest BCUT2D eigenvalue weighted by Crippen LogP contribution is -2.30. The molecule has 10 nitrogen and oxygen atoms in total. The van der Waals surface area contributed by atoms with E-state index in [-0.39, 0.29) is 12.1 Å². The molecule has 484 valence electrons. The summed E-state index contributed by atoms with van der Waals surface area (Å²) in [6.45, 7) is 10.3. The van der Waals surface area contributed by atoms with Crippen molar-refractivity contribution in [3.63, 3.8) is 0 Å². The second-order valence-corrected chi connectivity index (χ2v) is 24.6. The van der Waals surface area contributed by atoms with Crippen LogP contribution in [0.25, 0.3) is 21.5 Å². The lowest BCUT2D eigenvalue weighted by atomic mass is 10.0. The molecule has 0 bridgehead atoms. The molecule has 0 radical (unpaired) electrons. The van der Waals surface area contributed by atoms with Crippen molar-refractivity contribution in [1.82, 2.24) is 10.6 Å². The van der Waals surface area contributed by atoms with E-state index < -0.39 is 0 Å². The first-order chi connectivity index (χ1) is 43.9. The molecule has 6 aromatic rings. The zero-order chi connectivity index (χ0) is 62.5. The van der Waals surface area contributed by atoms with Crippen molar-refractivity contribution in [2.45, 2.75) is 246 Å². The summed E-state index contributed by atoms with van der Waals surface area (Å²) < 4.78 is 26.4. The molecule has 0 fully saturated rings. The quantitative estimate of drug-likeness (QED) is 0.0172. The molecule has 0 atom stereocenters. The number of hydrogen-bond acceptors (Lipinski definition) is 6. The Hall–Kier alpha value is -6.86. The molecule has 0 aliphatic heterocycles. The average molecular weight is 1210 g/mol. The highest BCUT2D eigenvalue weighted by Gasteiger charge is 2.17. The topological polar surface area (TPSA) is 119 Å². The summed E-state index contributed by atoms with van der Waals surface area (Å²) in [4.78, 5) is 25.3. The zero-order valence-electron chi connectivity index (χ0n) is 55.2. The van der Waals surface area contributed by atoms with Crippen LogP contribution < -0.4 is 40.2 Å². The van der Waals surface area contributed by atoms with Crippen molar-refractivity contribution in [3.05, 3.63) is 132 Å². The first-order valence-corrected chi connectivity index (χ1v) is 35.3. The Morgan fingerprint density at radius 1 is 0.348 bits per heavy atom. The molecule has 4 N–H and O–H groups in total. The predicted molar refractivity (Wildman–Crippen MR) is 376 cm³/mol. The van der Waals surface area contributed by atoms with Crippen LogP contribution in [0.3, 0.4) is 0 Å². The Morgan fingerprint density at radius 3 is 1.18 bits per heavy atom. The zero-order valence-corrected chi connectivity index (χ0v) is 55.2. The molecule has 0 heterocycles. The summed E-state index contributed by atoms with van der Waals surface area (Å²) in [6.07, 6.45) is 42.1. The Labute approximate surface area is 537 Å². The largest absolute Gasteiger partial charge is 0.490 e. The third kappa shape index (κ3) is 30.5. The Balaban J connectivity index is 0.935. The third-order valence-corrected chi connectivity index (χ3v) is 16.7. The fourth-order valence-corrected chi connectivity index (χ4v) is 11.3. The van der Waals surface area contributed by atoms with Crippen LogP contribution in [-0.4, -0.2) is 45.0 Å². The van der Waals surface area contributed by atoms with Gasteiger partial charge in [0.15, 0.2) is 11.5 Å².